The van der Waals surface area contributed by atoms with E-state index >= 15 is 0 Å². The van der Waals surface area contributed by atoms with E-state index in [0.717, 1.165) is 27.6 Å². The summed E-state index contributed by atoms with van der Waals surface area (Å²) < 4.78 is 52.0. The molecule has 0 bridgehead atoms. The molecule has 1 amide bonds. The normalized spacial score (nSPS) is 17.4. The Hall–Kier alpha value is -3.23. The van der Waals surface area contributed by atoms with E-state index in [2.05, 4.69) is 11.9 Å². The fraction of sp³-hybridized carbons (Fsp3) is 0.440. The number of methoxy groups -OCH3 is 1. The minimum atomic E-state index is -4.45. The Kier molecular flexibility index (Phi) is 5.45. The molecule has 0 atom stereocenters. The van der Waals surface area contributed by atoms with Gasteiger partial charge >= 0.3 is 6.18 Å². The molecule has 1 fully saturated rings. The minimum Gasteiger partial charge on any atom is -0.496 e. The van der Waals surface area contributed by atoms with Crippen molar-refractivity contribution in [2.24, 2.45) is 5.41 Å². The van der Waals surface area contributed by atoms with Crippen molar-refractivity contribution in [1.82, 2.24) is 14.3 Å². The van der Waals surface area contributed by atoms with Gasteiger partial charge in [0.05, 0.1) is 31.2 Å². The largest absolute Gasteiger partial charge is 0.496 e. The van der Waals surface area contributed by atoms with Crippen LogP contribution in [-0.4, -0.2) is 53.2 Å². The summed E-state index contributed by atoms with van der Waals surface area (Å²) in [7, 11) is 1.41. The number of benzene rings is 1. The Morgan fingerprint density at radius 2 is 2.00 bits per heavy atom. The van der Waals surface area contributed by atoms with Crippen molar-refractivity contribution < 1.29 is 27.4 Å². The standard InChI is InChI=1S/C25H26F3N3O3/c1-24(6-3-7-24)15-34-18-5-9-31-19(13-29-21(31)12-18)17-10-16-4-8-30(14-25(26,27)28)23(32)22(16)20(11-17)33-2/h5,9-13H,3-4,6-8,14-15H2,1-2H3. The average Bonchev–Trinajstić information content (AvgIpc) is 3.20. The van der Waals surface area contributed by atoms with E-state index in [1.807, 2.05) is 28.8 Å². The number of amides is 1. The molecule has 9 heteroatoms. The number of hydrogen-bond donors (Lipinski definition) is 0. The van der Waals surface area contributed by atoms with Gasteiger partial charge in [-0.3, -0.25) is 9.20 Å². The lowest BCUT2D eigenvalue weighted by atomic mass is 9.71. The van der Waals surface area contributed by atoms with Gasteiger partial charge in [0.1, 0.15) is 23.7 Å². The van der Waals surface area contributed by atoms with Crippen LogP contribution < -0.4 is 9.47 Å². The lowest BCUT2D eigenvalue weighted by Crippen LogP contribution is -2.43. The molecule has 0 spiro atoms. The fourth-order valence-corrected chi connectivity index (χ4v) is 4.75. The van der Waals surface area contributed by atoms with Crippen LogP contribution >= 0.6 is 0 Å². The first-order valence-electron chi connectivity index (χ1n) is 11.3. The summed E-state index contributed by atoms with van der Waals surface area (Å²) in [5.74, 6) is 0.353. The van der Waals surface area contributed by atoms with Crippen molar-refractivity contribution in [3.8, 4) is 22.8 Å². The molecule has 0 N–H and O–H groups in total. The molecule has 0 radical (unpaired) electrons. The smallest absolute Gasteiger partial charge is 0.406 e. The van der Waals surface area contributed by atoms with Crippen molar-refractivity contribution >= 4 is 11.6 Å². The molecule has 3 aromatic rings. The Morgan fingerprint density at radius 3 is 2.68 bits per heavy atom. The molecule has 1 saturated carbocycles. The number of nitrogens with zero attached hydrogens (tertiary/aromatic N) is 3. The quantitative estimate of drug-likeness (QED) is 0.498. The van der Waals surface area contributed by atoms with Crippen LogP contribution in [0.3, 0.4) is 0 Å². The molecule has 1 aliphatic carbocycles. The van der Waals surface area contributed by atoms with E-state index in [-0.39, 0.29) is 23.3 Å². The number of carbonyl (C=O) groups is 1. The van der Waals surface area contributed by atoms with E-state index in [1.165, 1.54) is 26.4 Å². The summed E-state index contributed by atoms with van der Waals surface area (Å²) in [5, 5.41) is 0. The van der Waals surface area contributed by atoms with Crippen LogP contribution in [0.1, 0.15) is 42.1 Å². The van der Waals surface area contributed by atoms with Gasteiger partial charge in [-0.1, -0.05) is 13.3 Å². The van der Waals surface area contributed by atoms with Crippen LogP contribution in [0, 0.1) is 5.41 Å². The molecule has 180 valence electrons. The first kappa shape index (κ1) is 22.6. The lowest BCUT2D eigenvalue weighted by Gasteiger charge is -2.37. The number of imidazole rings is 1. The van der Waals surface area contributed by atoms with Crippen LogP contribution in [0.5, 0.6) is 11.5 Å². The second kappa shape index (κ2) is 8.21. The molecular weight excluding hydrogens is 447 g/mol. The van der Waals surface area contributed by atoms with E-state index in [1.54, 1.807) is 12.3 Å². The zero-order valence-electron chi connectivity index (χ0n) is 19.1. The SMILES string of the molecule is COc1cc(-c2cnc3cc(OCC4(C)CCC4)ccn23)cc2c1C(=O)N(CC(F)(F)F)CC2. The van der Waals surface area contributed by atoms with Crippen molar-refractivity contribution in [2.45, 2.75) is 38.8 Å². The topological polar surface area (TPSA) is 56.1 Å². The van der Waals surface area contributed by atoms with E-state index < -0.39 is 18.6 Å². The molecule has 6 nitrogen and oxygen atoms in total. The number of hydrogen-bond acceptors (Lipinski definition) is 4. The van der Waals surface area contributed by atoms with E-state index in [4.69, 9.17) is 9.47 Å². The maximum Gasteiger partial charge on any atom is 0.406 e. The zero-order valence-corrected chi connectivity index (χ0v) is 19.1. The van der Waals surface area contributed by atoms with Gasteiger partial charge in [-0.05, 0) is 43.0 Å². The summed E-state index contributed by atoms with van der Waals surface area (Å²) in [6.07, 6.45) is 3.09. The number of aromatic nitrogens is 2. The molecule has 0 saturated heterocycles. The van der Waals surface area contributed by atoms with Gasteiger partial charge in [-0.2, -0.15) is 13.2 Å². The van der Waals surface area contributed by atoms with Crippen LogP contribution in [0.15, 0.2) is 36.7 Å². The summed E-state index contributed by atoms with van der Waals surface area (Å²) in [4.78, 5) is 18.1. The van der Waals surface area contributed by atoms with Crippen LogP contribution in [0.2, 0.25) is 0 Å². The summed E-state index contributed by atoms with van der Waals surface area (Å²) in [5.41, 5.74) is 3.39. The Morgan fingerprint density at radius 1 is 1.21 bits per heavy atom. The number of rotatable bonds is 6. The van der Waals surface area contributed by atoms with Gasteiger partial charge in [0, 0.05) is 29.8 Å². The summed E-state index contributed by atoms with van der Waals surface area (Å²) >= 11 is 0. The molecule has 2 aromatic heterocycles. The zero-order chi connectivity index (χ0) is 24.1. The monoisotopic (exact) mass is 473 g/mol. The molecule has 2 aliphatic rings. The highest BCUT2D eigenvalue weighted by Crippen LogP contribution is 2.41. The second-order valence-electron chi connectivity index (χ2n) is 9.49. The van der Waals surface area contributed by atoms with Gasteiger partial charge in [-0.25, -0.2) is 4.98 Å². The summed E-state index contributed by atoms with van der Waals surface area (Å²) in [6.45, 7) is 1.65. The van der Waals surface area contributed by atoms with Crippen molar-refractivity contribution in [1.29, 1.82) is 0 Å². The van der Waals surface area contributed by atoms with Gasteiger partial charge in [0.2, 0.25) is 0 Å². The lowest BCUT2D eigenvalue weighted by molar-refractivity contribution is -0.141. The Bertz CT molecular complexity index is 1230. The van der Waals surface area contributed by atoms with Gasteiger partial charge < -0.3 is 14.4 Å². The number of halogens is 3. The van der Waals surface area contributed by atoms with Crippen LogP contribution in [-0.2, 0) is 6.42 Å². The van der Waals surface area contributed by atoms with Gasteiger partial charge in [0.15, 0.2) is 0 Å². The molecule has 3 heterocycles. The van der Waals surface area contributed by atoms with Gasteiger partial charge in [-0.15, -0.1) is 0 Å². The first-order chi connectivity index (χ1) is 16.2. The number of fused-ring (bicyclic) bond motifs is 2. The number of alkyl halides is 3. The highest BCUT2D eigenvalue weighted by molar-refractivity contribution is 6.00. The van der Waals surface area contributed by atoms with Crippen molar-refractivity contribution in [3.63, 3.8) is 0 Å². The van der Waals surface area contributed by atoms with E-state index in [9.17, 15) is 18.0 Å². The highest BCUT2D eigenvalue weighted by atomic mass is 19.4. The molecular formula is C25H26F3N3O3. The number of carbonyl (C=O) groups excluding carboxylic acids is 1. The maximum atomic E-state index is 12.9. The molecule has 5 rings (SSSR count). The van der Waals surface area contributed by atoms with Crippen molar-refractivity contribution in [3.05, 3.63) is 47.8 Å². The second-order valence-corrected chi connectivity index (χ2v) is 9.49. The summed E-state index contributed by atoms with van der Waals surface area (Å²) in [6, 6.07) is 7.30. The first-order valence-corrected chi connectivity index (χ1v) is 11.3. The van der Waals surface area contributed by atoms with E-state index in [0.29, 0.717) is 18.6 Å². The third kappa shape index (κ3) is 4.19. The molecule has 34 heavy (non-hydrogen) atoms. The minimum absolute atomic E-state index is 0.00468. The highest BCUT2D eigenvalue weighted by Gasteiger charge is 2.37. The predicted octanol–water partition coefficient (Wildman–Crippen LogP) is 5.14. The fourth-order valence-electron chi connectivity index (χ4n) is 4.75. The average molecular weight is 473 g/mol. The van der Waals surface area contributed by atoms with Crippen LogP contribution in [0.4, 0.5) is 13.2 Å². The molecule has 0 unspecified atom stereocenters. The van der Waals surface area contributed by atoms with Gasteiger partial charge in [0.25, 0.3) is 5.91 Å². The maximum absolute atomic E-state index is 12.9. The number of ether oxygens (including phenoxy) is 2. The predicted molar refractivity (Wildman–Crippen MR) is 120 cm³/mol. The van der Waals surface area contributed by atoms with Crippen molar-refractivity contribution in [2.75, 3.05) is 26.8 Å². The third-order valence-corrected chi connectivity index (χ3v) is 6.85. The van der Waals surface area contributed by atoms with Crippen LogP contribution in [0.25, 0.3) is 16.9 Å². The molecule has 1 aliphatic heterocycles. The third-order valence-electron chi connectivity index (χ3n) is 6.85. The Balaban J connectivity index is 1.44. The Labute approximate surface area is 195 Å². The number of pyridine rings is 1. The molecule has 1 aromatic carbocycles.